The van der Waals surface area contributed by atoms with Crippen LogP contribution >= 0.6 is 51.2 Å². The molecule has 0 bridgehead atoms. The van der Waals surface area contributed by atoms with Gasteiger partial charge in [0.15, 0.2) is 0 Å². The Labute approximate surface area is 165 Å². The molecule has 0 saturated carbocycles. The number of hydrogen-bond donors (Lipinski definition) is 0. The highest BCUT2D eigenvalue weighted by Gasteiger charge is 2.24. The average molecular weight is 441 g/mol. The molecule has 1 nitrogen and oxygen atoms in total. The predicted molar refractivity (Wildman–Crippen MR) is 118 cm³/mol. The van der Waals surface area contributed by atoms with E-state index in [1.807, 2.05) is 23.5 Å². The molecule has 1 unspecified atom stereocenters. The van der Waals surface area contributed by atoms with E-state index in [1.54, 1.807) is 4.24 Å². The van der Waals surface area contributed by atoms with Crippen molar-refractivity contribution in [2.24, 2.45) is 0 Å². The van der Waals surface area contributed by atoms with E-state index in [0.717, 1.165) is 0 Å². The van der Waals surface area contributed by atoms with E-state index in [-0.39, 0.29) is 0 Å². The summed E-state index contributed by atoms with van der Waals surface area (Å²) in [7, 11) is 4.35. The van der Waals surface area contributed by atoms with Gasteiger partial charge in [0.1, 0.15) is 4.71 Å². The third kappa shape index (κ3) is 10.7. The molecule has 1 rings (SSSR count). The van der Waals surface area contributed by atoms with Crippen molar-refractivity contribution in [1.82, 2.24) is 4.90 Å². The molecule has 0 saturated heterocycles. The van der Waals surface area contributed by atoms with Gasteiger partial charge in [0.25, 0.3) is 0 Å². The lowest BCUT2D eigenvalue weighted by Crippen LogP contribution is -2.19. The fraction of sp³-hybridized carbons (Fsp3) is 0.889. The summed E-state index contributed by atoms with van der Waals surface area (Å²) in [5.74, 6) is 1.30. The van der Waals surface area contributed by atoms with Gasteiger partial charge in [0, 0.05) is 10.2 Å². The maximum Gasteiger partial charge on any atom is 0.112 e. The van der Waals surface area contributed by atoms with E-state index in [4.69, 9.17) is 0 Å². The Morgan fingerprint density at radius 2 is 1.39 bits per heavy atom. The van der Waals surface area contributed by atoms with Gasteiger partial charge in [0.2, 0.25) is 0 Å². The summed E-state index contributed by atoms with van der Waals surface area (Å²) in [4.78, 5) is 3.84. The first kappa shape index (κ1) is 22.3. The molecule has 5 heteroatoms. The molecule has 0 spiro atoms. The Balaban J connectivity index is 1.88. The Bertz CT molecular complexity index is 334. The van der Waals surface area contributed by atoms with Gasteiger partial charge >= 0.3 is 0 Å². The molecule has 1 aliphatic heterocycles. The minimum absolute atomic E-state index is 0.590. The van der Waals surface area contributed by atoms with Crippen molar-refractivity contribution in [3.63, 3.8) is 0 Å². The molecule has 0 aromatic heterocycles. The Hall–Kier alpha value is 1.23. The summed E-state index contributed by atoms with van der Waals surface area (Å²) in [5.41, 5.74) is 0. The number of unbranched alkanes of at least 4 members (excludes halogenated alkanes) is 9. The van der Waals surface area contributed by atoms with Crippen LogP contribution in [0.2, 0.25) is 0 Å². The predicted octanol–water partition coefficient (Wildman–Crippen LogP) is 7.53. The smallest absolute Gasteiger partial charge is 0.112 e. The van der Waals surface area contributed by atoms with Crippen molar-refractivity contribution in [1.29, 1.82) is 0 Å². The number of rotatable bonds is 14. The SMILES string of the molecule is CC1=C(SCCCCCCCCCCCCBr)SC(N(C)C)S1. The monoisotopic (exact) mass is 439 g/mol. The second kappa shape index (κ2) is 14.4. The fourth-order valence-corrected chi connectivity index (χ4v) is 7.33. The normalized spacial score (nSPS) is 18.4. The molecule has 0 N–H and O–H groups in total. The number of nitrogens with zero attached hydrogens (tertiary/aromatic N) is 1. The maximum absolute atomic E-state index is 3.50. The van der Waals surface area contributed by atoms with Crippen molar-refractivity contribution >= 4 is 51.2 Å². The van der Waals surface area contributed by atoms with Gasteiger partial charge in [-0.2, -0.15) is 0 Å². The summed E-state index contributed by atoms with van der Waals surface area (Å²) in [6.45, 7) is 2.28. The number of hydrogen-bond acceptors (Lipinski definition) is 4. The molecule has 136 valence electrons. The summed E-state index contributed by atoms with van der Waals surface area (Å²) in [5, 5.41) is 1.18. The zero-order valence-corrected chi connectivity index (χ0v) is 19.1. The third-order valence-electron chi connectivity index (χ3n) is 3.96. The molecule has 0 fully saturated rings. The van der Waals surface area contributed by atoms with Crippen LogP contribution in [0.25, 0.3) is 0 Å². The van der Waals surface area contributed by atoms with Gasteiger partial charge in [-0.15, -0.1) is 11.8 Å². The van der Waals surface area contributed by atoms with E-state index in [9.17, 15) is 0 Å². The van der Waals surface area contributed by atoms with E-state index in [0.29, 0.717) is 4.71 Å². The van der Waals surface area contributed by atoms with Gasteiger partial charge in [0.05, 0.1) is 4.24 Å². The van der Waals surface area contributed by atoms with Gasteiger partial charge in [-0.1, -0.05) is 90.8 Å². The molecule has 0 radical (unpaired) electrons. The first-order chi connectivity index (χ1) is 11.1. The van der Waals surface area contributed by atoms with Gasteiger partial charge in [-0.05, 0) is 39.6 Å². The average Bonchev–Trinajstić information content (AvgIpc) is 2.90. The van der Waals surface area contributed by atoms with Gasteiger partial charge < -0.3 is 0 Å². The lowest BCUT2D eigenvalue weighted by Gasteiger charge is -2.17. The zero-order chi connectivity index (χ0) is 16.9. The van der Waals surface area contributed by atoms with Gasteiger partial charge in [-0.3, -0.25) is 4.90 Å². The molecule has 1 aliphatic rings. The number of halogens is 1. The van der Waals surface area contributed by atoms with Crippen LogP contribution in [0.15, 0.2) is 9.14 Å². The second-order valence-electron chi connectivity index (χ2n) is 6.42. The van der Waals surface area contributed by atoms with E-state index in [2.05, 4.69) is 53.6 Å². The fourth-order valence-electron chi connectivity index (χ4n) is 2.52. The molecule has 1 atom stereocenters. The minimum Gasteiger partial charge on any atom is -0.289 e. The molecule has 1 heterocycles. The molecule has 0 amide bonds. The Morgan fingerprint density at radius 3 is 1.87 bits per heavy atom. The quantitative estimate of drug-likeness (QED) is 0.203. The molecule has 0 aliphatic carbocycles. The topological polar surface area (TPSA) is 3.24 Å². The largest absolute Gasteiger partial charge is 0.289 e. The van der Waals surface area contributed by atoms with Crippen molar-refractivity contribution in [2.75, 3.05) is 25.2 Å². The highest BCUT2D eigenvalue weighted by molar-refractivity contribution is 9.09. The number of thioether (sulfide) groups is 3. The van der Waals surface area contributed by atoms with E-state index < -0.39 is 0 Å². The van der Waals surface area contributed by atoms with Crippen LogP contribution in [-0.4, -0.2) is 34.8 Å². The van der Waals surface area contributed by atoms with Crippen LogP contribution in [-0.2, 0) is 0 Å². The summed E-state index contributed by atoms with van der Waals surface area (Å²) in [6, 6.07) is 0. The summed E-state index contributed by atoms with van der Waals surface area (Å²) < 4.78 is 2.16. The zero-order valence-electron chi connectivity index (χ0n) is 15.1. The molecule has 23 heavy (non-hydrogen) atoms. The van der Waals surface area contributed by atoms with Crippen molar-refractivity contribution < 1.29 is 0 Å². The first-order valence-electron chi connectivity index (χ1n) is 9.04. The van der Waals surface area contributed by atoms with Crippen LogP contribution in [0, 0.1) is 0 Å². The van der Waals surface area contributed by atoms with Crippen LogP contribution in [0.5, 0.6) is 0 Å². The minimum atomic E-state index is 0.590. The number of alkyl halides is 1. The van der Waals surface area contributed by atoms with E-state index >= 15 is 0 Å². The van der Waals surface area contributed by atoms with Crippen LogP contribution < -0.4 is 0 Å². The lowest BCUT2D eigenvalue weighted by atomic mass is 10.1. The summed E-state index contributed by atoms with van der Waals surface area (Å²) >= 11 is 9.63. The lowest BCUT2D eigenvalue weighted by molar-refractivity contribution is 0.462. The third-order valence-corrected chi connectivity index (χ3v) is 9.38. The molecule has 0 aromatic rings. The second-order valence-corrected chi connectivity index (χ2v) is 11.3. The van der Waals surface area contributed by atoms with Crippen LogP contribution in [0.3, 0.4) is 0 Å². The van der Waals surface area contributed by atoms with Crippen molar-refractivity contribution in [3.8, 4) is 0 Å². The highest BCUT2D eigenvalue weighted by Crippen LogP contribution is 2.51. The maximum atomic E-state index is 3.50. The summed E-state index contributed by atoms with van der Waals surface area (Å²) in [6.07, 6.45) is 14.2. The first-order valence-corrected chi connectivity index (χ1v) is 12.9. The molecular formula is C18H34BrNS3. The Morgan fingerprint density at radius 1 is 0.870 bits per heavy atom. The van der Waals surface area contributed by atoms with E-state index in [1.165, 1.54) is 80.2 Å². The molecular weight excluding hydrogens is 406 g/mol. The van der Waals surface area contributed by atoms with Crippen LogP contribution in [0.4, 0.5) is 0 Å². The van der Waals surface area contributed by atoms with Crippen molar-refractivity contribution in [2.45, 2.75) is 75.8 Å². The Kier molecular flexibility index (Phi) is 13.9. The molecule has 0 aromatic carbocycles. The highest BCUT2D eigenvalue weighted by atomic mass is 79.9. The van der Waals surface area contributed by atoms with Gasteiger partial charge in [-0.25, -0.2) is 0 Å². The van der Waals surface area contributed by atoms with Crippen LogP contribution in [0.1, 0.15) is 71.1 Å². The van der Waals surface area contributed by atoms with Crippen molar-refractivity contribution in [3.05, 3.63) is 9.14 Å². The number of allylic oxidation sites excluding steroid dienone is 1. The standard InChI is InChI=1S/C18H34BrNS3/c1-16-17(23-18(22-16)20(2)3)21-15-13-11-9-7-5-4-6-8-10-12-14-19/h18H,4-15H2,1-3H3.